The molecular formula is C25H39N3O5. The van der Waals surface area contributed by atoms with Gasteiger partial charge >= 0.3 is 12.1 Å². The molecule has 0 aliphatic carbocycles. The van der Waals surface area contributed by atoms with Crippen LogP contribution in [0.4, 0.5) is 9.59 Å². The summed E-state index contributed by atoms with van der Waals surface area (Å²) in [6.07, 6.45) is 3.37. The van der Waals surface area contributed by atoms with Crippen LogP contribution in [0.25, 0.3) is 0 Å². The average Bonchev–Trinajstić information content (AvgIpc) is 2.80. The number of imide groups is 1. The van der Waals surface area contributed by atoms with E-state index in [1.165, 1.54) is 0 Å². The number of benzene rings is 1. The SMILES string of the molecule is CCCCCC(=O)c1ccc(OCCCN2CCN(C(=O)N(CC(C)C)C(=O)O)CC2)cc1. The van der Waals surface area contributed by atoms with Crippen molar-refractivity contribution in [2.24, 2.45) is 5.92 Å². The largest absolute Gasteiger partial charge is 0.494 e. The van der Waals surface area contributed by atoms with Gasteiger partial charge in [-0.3, -0.25) is 9.69 Å². The van der Waals surface area contributed by atoms with Crippen LogP contribution in [-0.2, 0) is 0 Å². The number of carbonyl (C=O) groups excluding carboxylic acids is 2. The van der Waals surface area contributed by atoms with Gasteiger partial charge in [-0.2, -0.15) is 0 Å². The van der Waals surface area contributed by atoms with Crippen molar-refractivity contribution < 1.29 is 24.2 Å². The third-order valence-corrected chi connectivity index (χ3v) is 5.72. The van der Waals surface area contributed by atoms with Crippen LogP contribution in [0.5, 0.6) is 5.75 Å². The van der Waals surface area contributed by atoms with Crippen LogP contribution < -0.4 is 4.74 Å². The van der Waals surface area contributed by atoms with E-state index in [0.29, 0.717) is 26.1 Å². The van der Waals surface area contributed by atoms with Gasteiger partial charge < -0.3 is 14.7 Å². The lowest BCUT2D eigenvalue weighted by atomic mass is 10.0. The second-order valence-electron chi connectivity index (χ2n) is 9.00. The fourth-order valence-electron chi connectivity index (χ4n) is 3.83. The number of amides is 3. The van der Waals surface area contributed by atoms with Gasteiger partial charge in [0.25, 0.3) is 0 Å². The number of ether oxygens (including phenoxy) is 1. The van der Waals surface area contributed by atoms with Gasteiger partial charge in [0.15, 0.2) is 5.78 Å². The molecule has 0 bridgehead atoms. The molecule has 0 unspecified atom stereocenters. The van der Waals surface area contributed by atoms with E-state index in [-0.39, 0.29) is 18.2 Å². The van der Waals surface area contributed by atoms with Gasteiger partial charge in [0.1, 0.15) is 5.75 Å². The summed E-state index contributed by atoms with van der Waals surface area (Å²) in [5.74, 6) is 1.03. The molecule has 1 N–H and O–H groups in total. The number of carboxylic acid groups (broad SMARTS) is 1. The second-order valence-corrected chi connectivity index (χ2v) is 9.00. The maximum Gasteiger partial charge on any atom is 0.415 e. The molecule has 2 rings (SSSR count). The quantitative estimate of drug-likeness (QED) is 0.362. The Morgan fingerprint density at radius 2 is 1.70 bits per heavy atom. The predicted molar refractivity (Wildman–Crippen MR) is 128 cm³/mol. The number of nitrogens with zero attached hydrogens (tertiary/aromatic N) is 3. The van der Waals surface area contributed by atoms with Crippen LogP contribution in [-0.4, -0.2) is 83.6 Å². The van der Waals surface area contributed by atoms with Crippen molar-refractivity contribution in [3.05, 3.63) is 29.8 Å². The Morgan fingerprint density at radius 3 is 2.27 bits per heavy atom. The van der Waals surface area contributed by atoms with Crippen molar-refractivity contribution in [3.63, 3.8) is 0 Å². The second kappa shape index (κ2) is 13.8. The Bertz CT molecular complexity index is 758. The third-order valence-electron chi connectivity index (χ3n) is 5.72. The zero-order valence-corrected chi connectivity index (χ0v) is 20.3. The fourth-order valence-corrected chi connectivity index (χ4v) is 3.83. The van der Waals surface area contributed by atoms with Gasteiger partial charge in [-0.1, -0.05) is 33.6 Å². The van der Waals surface area contributed by atoms with Crippen molar-refractivity contribution in [2.45, 2.75) is 52.9 Å². The number of Topliss-reactive ketones (excluding diaryl/α,β-unsaturated/α-hetero) is 1. The molecular weight excluding hydrogens is 422 g/mol. The third kappa shape index (κ3) is 9.04. The molecule has 1 saturated heterocycles. The fraction of sp³-hybridized carbons (Fsp3) is 0.640. The smallest absolute Gasteiger partial charge is 0.415 e. The molecule has 8 heteroatoms. The molecule has 3 amide bonds. The maximum atomic E-state index is 12.5. The lowest BCUT2D eigenvalue weighted by Crippen LogP contribution is -2.54. The highest BCUT2D eigenvalue weighted by Gasteiger charge is 2.29. The summed E-state index contributed by atoms with van der Waals surface area (Å²) < 4.78 is 5.81. The van der Waals surface area contributed by atoms with E-state index in [1.54, 1.807) is 4.90 Å². The van der Waals surface area contributed by atoms with Crippen LogP contribution >= 0.6 is 0 Å². The Balaban J connectivity index is 1.67. The monoisotopic (exact) mass is 461 g/mol. The van der Waals surface area contributed by atoms with E-state index >= 15 is 0 Å². The molecule has 8 nitrogen and oxygen atoms in total. The lowest BCUT2D eigenvalue weighted by molar-refractivity contribution is 0.0974. The van der Waals surface area contributed by atoms with Gasteiger partial charge in [-0.05, 0) is 43.0 Å². The first-order chi connectivity index (χ1) is 15.8. The van der Waals surface area contributed by atoms with E-state index in [2.05, 4.69) is 11.8 Å². The Morgan fingerprint density at radius 1 is 1.03 bits per heavy atom. The van der Waals surface area contributed by atoms with Gasteiger partial charge in [-0.25, -0.2) is 14.5 Å². The summed E-state index contributed by atoms with van der Waals surface area (Å²) in [5, 5.41) is 9.34. The number of ketones is 1. The summed E-state index contributed by atoms with van der Waals surface area (Å²) in [7, 11) is 0. The summed E-state index contributed by atoms with van der Waals surface area (Å²) in [5.41, 5.74) is 0.737. The van der Waals surface area contributed by atoms with Crippen LogP contribution in [0.3, 0.4) is 0 Å². The molecule has 0 radical (unpaired) electrons. The Labute approximate surface area is 197 Å². The standard InChI is InChI=1S/C25H39N3O5/c1-4-5-6-8-23(29)21-9-11-22(12-10-21)33-18-7-13-26-14-16-27(17-15-26)24(30)28(25(31)32)19-20(2)3/h9-12,20H,4-8,13-19H2,1-3H3,(H,31,32). The number of rotatable bonds is 12. The lowest BCUT2D eigenvalue weighted by Gasteiger charge is -2.36. The van der Waals surface area contributed by atoms with E-state index < -0.39 is 12.1 Å². The van der Waals surface area contributed by atoms with E-state index in [9.17, 15) is 19.5 Å². The highest BCUT2D eigenvalue weighted by molar-refractivity contribution is 5.96. The van der Waals surface area contributed by atoms with E-state index in [0.717, 1.165) is 61.5 Å². The molecule has 0 atom stereocenters. The maximum absolute atomic E-state index is 12.5. The van der Waals surface area contributed by atoms with Gasteiger partial charge in [0.2, 0.25) is 0 Å². The Hall–Kier alpha value is -2.61. The van der Waals surface area contributed by atoms with Crippen LogP contribution in [0.2, 0.25) is 0 Å². The zero-order valence-electron chi connectivity index (χ0n) is 20.3. The summed E-state index contributed by atoms with van der Waals surface area (Å²) >= 11 is 0. The van der Waals surface area contributed by atoms with Gasteiger partial charge in [0.05, 0.1) is 6.61 Å². The molecule has 184 valence electrons. The molecule has 1 aliphatic rings. The number of piperazine rings is 1. The van der Waals surface area contributed by atoms with E-state index in [1.807, 2.05) is 38.1 Å². The van der Waals surface area contributed by atoms with Crippen molar-refractivity contribution in [1.29, 1.82) is 0 Å². The molecule has 1 aromatic carbocycles. The topological polar surface area (TPSA) is 90.4 Å². The first kappa shape index (κ1) is 26.6. The minimum Gasteiger partial charge on any atom is -0.494 e. The number of hydrogen-bond acceptors (Lipinski definition) is 5. The predicted octanol–water partition coefficient (Wildman–Crippen LogP) is 4.59. The van der Waals surface area contributed by atoms with Crippen molar-refractivity contribution in [2.75, 3.05) is 45.9 Å². The molecule has 0 aromatic heterocycles. The van der Waals surface area contributed by atoms with Crippen LogP contribution in [0, 0.1) is 5.92 Å². The first-order valence-corrected chi connectivity index (χ1v) is 12.1. The number of hydrogen-bond donors (Lipinski definition) is 1. The van der Waals surface area contributed by atoms with Crippen LogP contribution in [0.1, 0.15) is 63.2 Å². The molecule has 0 spiro atoms. The van der Waals surface area contributed by atoms with Crippen molar-refractivity contribution in [1.82, 2.24) is 14.7 Å². The molecule has 1 aromatic rings. The number of carbonyl (C=O) groups is 3. The van der Waals surface area contributed by atoms with Crippen molar-refractivity contribution in [3.8, 4) is 5.75 Å². The minimum atomic E-state index is -1.19. The Kier molecular flexibility index (Phi) is 11.2. The molecule has 1 heterocycles. The summed E-state index contributed by atoms with van der Waals surface area (Å²) in [6, 6.07) is 6.94. The van der Waals surface area contributed by atoms with E-state index in [4.69, 9.17) is 4.74 Å². The highest BCUT2D eigenvalue weighted by Crippen LogP contribution is 2.15. The molecule has 1 fully saturated rings. The summed E-state index contributed by atoms with van der Waals surface area (Å²) in [6.45, 7) is 10.0. The minimum absolute atomic E-state index is 0.0915. The molecule has 33 heavy (non-hydrogen) atoms. The zero-order chi connectivity index (χ0) is 24.2. The summed E-state index contributed by atoms with van der Waals surface area (Å²) in [4.78, 5) is 40.9. The van der Waals surface area contributed by atoms with Crippen LogP contribution in [0.15, 0.2) is 24.3 Å². The number of unbranched alkanes of at least 4 members (excludes halogenated alkanes) is 2. The van der Waals surface area contributed by atoms with Gasteiger partial charge in [0, 0.05) is 51.3 Å². The average molecular weight is 462 g/mol. The molecule has 0 saturated carbocycles. The first-order valence-electron chi connectivity index (χ1n) is 12.1. The number of urea groups is 1. The van der Waals surface area contributed by atoms with Crippen molar-refractivity contribution >= 4 is 17.9 Å². The molecule has 1 aliphatic heterocycles. The highest BCUT2D eigenvalue weighted by atomic mass is 16.5. The normalized spacial score (nSPS) is 14.4. The van der Waals surface area contributed by atoms with Gasteiger partial charge in [-0.15, -0.1) is 0 Å².